The number of aromatic hydroxyl groups is 1. The molecule has 0 amide bonds. The second-order valence-corrected chi connectivity index (χ2v) is 4.87. The fraction of sp³-hybridized carbons (Fsp3) is 0.182. The van der Waals surface area contributed by atoms with E-state index in [9.17, 15) is 5.11 Å². The minimum atomic E-state index is 0.0862. The summed E-state index contributed by atoms with van der Waals surface area (Å²) in [5, 5.41) is 12.5. The Balaban J connectivity index is 2.60. The number of phenols is 1. The van der Waals surface area contributed by atoms with E-state index in [4.69, 9.17) is 9.47 Å². The monoisotopic (exact) mass is 315 g/mol. The lowest BCUT2D eigenvalue weighted by Crippen LogP contribution is -1.91. The number of aromatic nitrogens is 1. The molecule has 6 heteroatoms. The van der Waals surface area contributed by atoms with Crippen LogP contribution in [0.15, 0.2) is 22.1 Å². The number of rotatable bonds is 3. The Hall–Kier alpha value is -1.27. The molecule has 0 radical (unpaired) electrons. The van der Waals surface area contributed by atoms with Crippen LogP contribution in [0, 0.1) is 0 Å². The van der Waals surface area contributed by atoms with E-state index in [1.54, 1.807) is 13.2 Å². The minimum absolute atomic E-state index is 0.0862. The second-order valence-electron chi connectivity index (χ2n) is 3.20. The van der Waals surface area contributed by atoms with Crippen LogP contribution in [0.3, 0.4) is 0 Å². The van der Waals surface area contributed by atoms with E-state index in [1.165, 1.54) is 24.5 Å². The maximum Gasteiger partial charge on any atom is 0.136 e. The van der Waals surface area contributed by atoms with Gasteiger partial charge in [0.05, 0.1) is 19.8 Å². The van der Waals surface area contributed by atoms with Gasteiger partial charge in [0.25, 0.3) is 0 Å². The molecule has 0 aliphatic rings. The first-order valence-corrected chi connectivity index (χ1v) is 6.39. The highest BCUT2D eigenvalue weighted by molar-refractivity contribution is 9.10. The number of hydrogen-bond donors (Lipinski definition) is 1. The van der Waals surface area contributed by atoms with Gasteiger partial charge in [-0.25, -0.2) is 4.98 Å². The Morgan fingerprint density at radius 2 is 2.06 bits per heavy atom. The molecule has 4 nitrogen and oxygen atoms in total. The van der Waals surface area contributed by atoms with E-state index in [-0.39, 0.29) is 5.75 Å². The summed E-state index contributed by atoms with van der Waals surface area (Å²) in [6.45, 7) is 0. The van der Waals surface area contributed by atoms with Crippen LogP contribution in [0.25, 0.3) is 10.6 Å². The molecule has 0 atom stereocenters. The number of methoxy groups -OCH3 is 2. The molecule has 0 saturated carbocycles. The molecule has 0 fully saturated rings. The highest BCUT2D eigenvalue weighted by atomic mass is 79.9. The van der Waals surface area contributed by atoms with Crippen molar-refractivity contribution in [1.82, 2.24) is 4.98 Å². The van der Waals surface area contributed by atoms with E-state index in [0.29, 0.717) is 22.1 Å². The van der Waals surface area contributed by atoms with Crippen LogP contribution in [-0.4, -0.2) is 24.3 Å². The summed E-state index contributed by atoms with van der Waals surface area (Å²) >= 11 is 4.70. The van der Waals surface area contributed by atoms with Crippen LogP contribution in [0.2, 0.25) is 0 Å². The average Bonchev–Trinajstić information content (AvgIpc) is 2.74. The Bertz CT molecular complexity index is 542. The van der Waals surface area contributed by atoms with E-state index < -0.39 is 0 Å². The lowest BCUT2D eigenvalue weighted by atomic mass is 10.1. The molecule has 0 unspecified atom stereocenters. The van der Waals surface area contributed by atoms with Crippen molar-refractivity contribution in [2.75, 3.05) is 14.2 Å². The van der Waals surface area contributed by atoms with E-state index in [0.717, 1.165) is 4.60 Å². The first-order valence-electron chi connectivity index (χ1n) is 4.72. The van der Waals surface area contributed by atoms with Crippen molar-refractivity contribution >= 4 is 27.3 Å². The quantitative estimate of drug-likeness (QED) is 0.944. The summed E-state index contributed by atoms with van der Waals surface area (Å²) in [7, 11) is 3.08. The van der Waals surface area contributed by atoms with Gasteiger partial charge in [0.2, 0.25) is 0 Å². The summed E-state index contributed by atoms with van der Waals surface area (Å²) in [4.78, 5) is 4.26. The number of benzene rings is 1. The van der Waals surface area contributed by atoms with Crippen molar-refractivity contribution in [2.45, 2.75) is 0 Å². The predicted molar refractivity (Wildman–Crippen MR) is 70.0 cm³/mol. The van der Waals surface area contributed by atoms with Gasteiger partial charge in [-0.15, -0.1) is 11.3 Å². The summed E-state index contributed by atoms with van der Waals surface area (Å²) in [5.41, 5.74) is 0.573. The highest BCUT2D eigenvalue weighted by Crippen LogP contribution is 2.42. The number of nitrogens with zero attached hydrogens (tertiary/aromatic N) is 1. The third-order valence-electron chi connectivity index (χ3n) is 2.20. The zero-order chi connectivity index (χ0) is 12.4. The molecular formula is C11H10BrNO3S. The lowest BCUT2D eigenvalue weighted by Gasteiger charge is -2.10. The molecule has 0 spiro atoms. The molecule has 2 rings (SSSR count). The largest absolute Gasteiger partial charge is 0.507 e. The van der Waals surface area contributed by atoms with Gasteiger partial charge >= 0.3 is 0 Å². The van der Waals surface area contributed by atoms with E-state index in [2.05, 4.69) is 20.9 Å². The molecule has 90 valence electrons. The Labute approximate surface area is 111 Å². The smallest absolute Gasteiger partial charge is 0.136 e. The van der Waals surface area contributed by atoms with Gasteiger partial charge in [-0.1, -0.05) is 0 Å². The van der Waals surface area contributed by atoms with Gasteiger partial charge in [0.15, 0.2) is 0 Å². The molecule has 0 saturated heterocycles. The molecule has 0 aliphatic heterocycles. The van der Waals surface area contributed by atoms with Gasteiger partial charge in [0, 0.05) is 17.5 Å². The first-order chi connectivity index (χ1) is 8.15. The van der Waals surface area contributed by atoms with Gasteiger partial charge in [-0.3, -0.25) is 0 Å². The fourth-order valence-corrected chi connectivity index (χ4v) is 2.75. The average molecular weight is 316 g/mol. The Morgan fingerprint density at radius 3 is 2.59 bits per heavy atom. The summed E-state index contributed by atoms with van der Waals surface area (Å²) in [6, 6.07) is 3.25. The third kappa shape index (κ3) is 2.37. The highest BCUT2D eigenvalue weighted by Gasteiger charge is 2.16. The Kier molecular flexibility index (Phi) is 3.54. The number of hydrogen-bond acceptors (Lipinski definition) is 5. The predicted octanol–water partition coefficient (Wildman–Crippen LogP) is 3.30. The molecule has 1 heterocycles. The van der Waals surface area contributed by atoms with E-state index >= 15 is 0 Å². The van der Waals surface area contributed by atoms with E-state index in [1.807, 2.05) is 5.38 Å². The third-order valence-corrected chi connectivity index (χ3v) is 3.77. The fourth-order valence-electron chi connectivity index (χ4n) is 1.44. The van der Waals surface area contributed by atoms with Crippen molar-refractivity contribution in [1.29, 1.82) is 0 Å². The molecule has 2 aromatic rings. The molecule has 0 aliphatic carbocycles. The van der Waals surface area contributed by atoms with Crippen LogP contribution >= 0.6 is 27.3 Å². The molecule has 17 heavy (non-hydrogen) atoms. The number of halogens is 1. The van der Waals surface area contributed by atoms with Crippen molar-refractivity contribution in [3.05, 3.63) is 22.1 Å². The van der Waals surface area contributed by atoms with Crippen LogP contribution < -0.4 is 9.47 Å². The number of thiazole rings is 1. The first kappa shape index (κ1) is 12.2. The number of ether oxygens (including phenoxy) is 2. The summed E-state index contributed by atoms with van der Waals surface area (Å²) < 4.78 is 11.0. The molecular weight excluding hydrogens is 306 g/mol. The van der Waals surface area contributed by atoms with Gasteiger partial charge in [0.1, 0.15) is 26.9 Å². The zero-order valence-electron chi connectivity index (χ0n) is 9.23. The zero-order valence-corrected chi connectivity index (χ0v) is 11.6. The molecule has 1 N–H and O–H groups in total. The van der Waals surface area contributed by atoms with Crippen LogP contribution in [0.5, 0.6) is 17.2 Å². The number of phenolic OH excluding ortho intramolecular Hbond substituents is 1. The van der Waals surface area contributed by atoms with Crippen LogP contribution in [0.4, 0.5) is 0 Å². The van der Waals surface area contributed by atoms with Gasteiger partial charge in [-0.2, -0.15) is 0 Å². The molecule has 1 aromatic carbocycles. The maximum atomic E-state index is 9.99. The van der Waals surface area contributed by atoms with Gasteiger partial charge in [-0.05, 0) is 15.9 Å². The molecule has 0 bridgehead atoms. The van der Waals surface area contributed by atoms with Crippen molar-refractivity contribution in [2.24, 2.45) is 0 Å². The van der Waals surface area contributed by atoms with Crippen molar-refractivity contribution in [3.63, 3.8) is 0 Å². The lowest BCUT2D eigenvalue weighted by molar-refractivity contribution is 0.386. The summed E-state index contributed by atoms with van der Waals surface area (Å²) in [6.07, 6.45) is 0. The summed E-state index contributed by atoms with van der Waals surface area (Å²) in [5.74, 6) is 1.16. The second kappa shape index (κ2) is 4.93. The standard InChI is InChI=1S/C11H10BrNO3S/c1-15-6-3-7(14)10(8(4-6)16-2)11-13-9(12)5-17-11/h3-5,14H,1-2H3. The van der Waals surface area contributed by atoms with Crippen molar-refractivity contribution in [3.8, 4) is 27.8 Å². The minimum Gasteiger partial charge on any atom is -0.507 e. The molecule has 1 aromatic heterocycles. The maximum absolute atomic E-state index is 9.99. The van der Waals surface area contributed by atoms with Gasteiger partial charge < -0.3 is 14.6 Å². The normalized spacial score (nSPS) is 10.3. The Morgan fingerprint density at radius 1 is 1.29 bits per heavy atom. The van der Waals surface area contributed by atoms with Crippen molar-refractivity contribution < 1.29 is 14.6 Å². The topological polar surface area (TPSA) is 51.6 Å². The van der Waals surface area contributed by atoms with Crippen LogP contribution in [-0.2, 0) is 0 Å². The SMILES string of the molecule is COc1cc(O)c(-c2nc(Br)cs2)c(OC)c1. The van der Waals surface area contributed by atoms with Crippen LogP contribution in [0.1, 0.15) is 0 Å².